The summed E-state index contributed by atoms with van der Waals surface area (Å²) in [4.78, 5) is 13.7. The summed E-state index contributed by atoms with van der Waals surface area (Å²) in [6.07, 6.45) is 0.670. The summed E-state index contributed by atoms with van der Waals surface area (Å²) in [6.45, 7) is 3.35. The summed E-state index contributed by atoms with van der Waals surface area (Å²) in [6, 6.07) is 11.5. The van der Waals surface area contributed by atoms with Crippen molar-refractivity contribution in [1.29, 1.82) is 5.26 Å². The number of hydrogen-bond acceptors (Lipinski definition) is 3. The lowest BCUT2D eigenvalue weighted by Crippen LogP contribution is -2.32. The molecule has 0 aliphatic carbocycles. The van der Waals surface area contributed by atoms with Crippen LogP contribution in [0.25, 0.3) is 0 Å². The van der Waals surface area contributed by atoms with E-state index >= 15 is 0 Å². The molecule has 96 valence electrons. The van der Waals surface area contributed by atoms with Crippen LogP contribution < -0.4 is 4.90 Å². The van der Waals surface area contributed by atoms with Crippen LogP contribution in [0.3, 0.4) is 0 Å². The summed E-state index contributed by atoms with van der Waals surface area (Å²) >= 11 is 0. The van der Waals surface area contributed by atoms with Crippen LogP contribution in [0.2, 0.25) is 0 Å². The van der Waals surface area contributed by atoms with Gasteiger partial charge in [-0.3, -0.25) is 4.79 Å². The Kier molecular flexibility index (Phi) is 6.52. The molecule has 1 aromatic rings. The third kappa shape index (κ3) is 4.56. The third-order valence-corrected chi connectivity index (χ3v) is 2.48. The number of para-hydroxylation sites is 1. The highest BCUT2D eigenvalue weighted by molar-refractivity contribution is 5.93. The van der Waals surface area contributed by atoms with Crippen molar-refractivity contribution in [2.75, 3.05) is 24.7 Å². The van der Waals surface area contributed by atoms with Gasteiger partial charge in [0, 0.05) is 18.8 Å². The van der Waals surface area contributed by atoms with Crippen molar-refractivity contribution in [2.45, 2.75) is 19.8 Å². The Morgan fingerprint density at radius 1 is 1.39 bits per heavy atom. The van der Waals surface area contributed by atoms with E-state index < -0.39 is 0 Å². The Balaban J connectivity index is 2.66. The molecule has 0 heterocycles. The molecular weight excluding hydrogens is 228 g/mol. The quantitative estimate of drug-likeness (QED) is 0.694. The first-order valence-corrected chi connectivity index (χ1v) is 6.09. The zero-order valence-corrected chi connectivity index (χ0v) is 10.6. The minimum Gasteiger partial charge on any atom is -0.381 e. The molecule has 4 nitrogen and oxygen atoms in total. The van der Waals surface area contributed by atoms with Gasteiger partial charge in [-0.2, -0.15) is 5.26 Å². The number of carbonyl (C=O) groups is 1. The van der Waals surface area contributed by atoms with E-state index in [0.717, 1.165) is 5.69 Å². The van der Waals surface area contributed by atoms with E-state index in [1.54, 1.807) is 4.90 Å². The smallest absolute Gasteiger partial charge is 0.229 e. The number of benzene rings is 1. The van der Waals surface area contributed by atoms with Crippen LogP contribution in [-0.2, 0) is 9.53 Å². The average Bonchev–Trinajstić information content (AvgIpc) is 2.41. The minimum absolute atomic E-state index is 0.00935. The van der Waals surface area contributed by atoms with Crippen LogP contribution >= 0.6 is 0 Å². The van der Waals surface area contributed by atoms with Crippen LogP contribution in [0.1, 0.15) is 19.8 Å². The van der Waals surface area contributed by atoms with Gasteiger partial charge < -0.3 is 9.64 Å². The van der Waals surface area contributed by atoms with Crippen molar-refractivity contribution in [3.8, 4) is 6.07 Å². The standard InChI is InChI=1S/C14H18N2O2/c1-2-18-12-9-14(17)16(11-6-10-15)13-7-4-3-5-8-13/h3-5,7-8H,2,6,9,11-12H2,1H3. The number of nitriles is 1. The Morgan fingerprint density at radius 2 is 2.11 bits per heavy atom. The van der Waals surface area contributed by atoms with E-state index in [1.807, 2.05) is 37.3 Å². The number of carbonyl (C=O) groups excluding carboxylic acids is 1. The van der Waals surface area contributed by atoms with Crippen molar-refractivity contribution in [1.82, 2.24) is 0 Å². The minimum atomic E-state index is -0.00935. The molecule has 0 aromatic heterocycles. The van der Waals surface area contributed by atoms with Gasteiger partial charge in [-0.25, -0.2) is 0 Å². The number of nitrogens with zero attached hydrogens (tertiary/aromatic N) is 2. The molecule has 0 aliphatic rings. The maximum absolute atomic E-state index is 12.1. The average molecular weight is 246 g/mol. The van der Waals surface area contributed by atoms with Gasteiger partial charge in [-0.1, -0.05) is 18.2 Å². The Labute approximate surface area is 108 Å². The van der Waals surface area contributed by atoms with Gasteiger partial charge in [0.05, 0.1) is 25.5 Å². The Morgan fingerprint density at radius 3 is 2.72 bits per heavy atom. The molecule has 0 spiro atoms. The van der Waals surface area contributed by atoms with Gasteiger partial charge in [0.2, 0.25) is 5.91 Å². The van der Waals surface area contributed by atoms with E-state index in [4.69, 9.17) is 10.00 Å². The van der Waals surface area contributed by atoms with E-state index in [0.29, 0.717) is 32.6 Å². The highest BCUT2D eigenvalue weighted by atomic mass is 16.5. The summed E-state index contributed by atoms with van der Waals surface area (Å²) in [5, 5.41) is 8.65. The molecule has 0 N–H and O–H groups in total. The number of rotatable bonds is 7. The summed E-state index contributed by atoms with van der Waals surface area (Å²) in [7, 11) is 0. The summed E-state index contributed by atoms with van der Waals surface area (Å²) in [5.41, 5.74) is 0.828. The number of anilines is 1. The molecule has 0 saturated carbocycles. The largest absolute Gasteiger partial charge is 0.381 e. The highest BCUT2D eigenvalue weighted by Crippen LogP contribution is 2.14. The molecule has 1 aromatic carbocycles. The maximum Gasteiger partial charge on any atom is 0.229 e. The molecule has 1 amide bonds. The number of amides is 1. The highest BCUT2D eigenvalue weighted by Gasteiger charge is 2.14. The molecular formula is C14H18N2O2. The van der Waals surface area contributed by atoms with Crippen LogP contribution in [0.5, 0.6) is 0 Å². The fraction of sp³-hybridized carbons (Fsp3) is 0.429. The van der Waals surface area contributed by atoms with Crippen molar-refractivity contribution >= 4 is 11.6 Å². The molecule has 0 radical (unpaired) electrons. The van der Waals surface area contributed by atoms with Gasteiger partial charge >= 0.3 is 0 Å². The van der Waals surface area contributed by atoms with Crippen molar-refractivity contribution in [2.24, 2.45) is 0 Å². The Hall–Kier alpha value is -1.86. The first-order chi connectivity index (χ1) is 8.79. The predicted octanol–water partition coefficient (Wildman–Crippen LogP) is 2.36. The third-order valence-electron chi connectivity index (χ3n) is 2.48. The SMILES string of the molecule is CCOCCC(=O)N(CCC#N)c1ccccc1. The van der Waals surface area contributed by atoms with Gasteiger partial charge in [0.1, 0.15) is 0 Å². The van der Waals surface area contributed by atoms with E-state index in [-0.39, 0.29) is 5.91 Å². The van der Waals surface area contributed by atoms with E-state index in [1.165, 1.54) is 0 Å². The lowest BCUT2D eigenvalue weighted by atomic mass is 10.2. The van der Waals surface area contributed by atoms with Crippen LogP contribution in [-0.4, -0.2) is 25.7 Å². The van der Waals surface area contributed by atoms with Crippen molar-refractivity contribution in [3.05, 3.63) is 30.3 Å². The monoisotopic (exact) mass is 246 g/mol. The molecule has 0 bridgehead atoms. The molecule has 1 rings (SSSR count). The van der Waals surface area contributed by atoms with Gasteiger partial charge in [-0.05, 0) is 19.1 Å². The molecule has 18 heavy (non-hydrogen) atoms. The molecule has 0 atom stereocenters. The lowest BCUT2D eigenvalue weighted by Gasteiger charge is -2.21. The van der Waals surface area contributed by atoms with Gasteiger partial charge in [-0.15, -0.1) is 0 Å². The van der Waals surface area contributed by atoms with Gasteiger partial charge in [0.25, 0.3) is 0 Å². The zero-order valence-electron chi connectivity index (χ0n) is 10.6. The maximum atomic E-state index is 12.1. The van der Waals surface area contributed by atoms with Crippen molar-refractivity contribution < 1.29 is 9.53 Å². The van der Waals surface area contributed by atoms with Crippen LogP contribution in [0.15, 0.2) is 30.3 Å². The van der Waals surface area contributed by atoms with Crippen LogP contribution in [0, 0.1) is 11.3 Å². The summed E-state index contributed by atoms with van der Waals surface area (Å²) < 4.78 is 5.18. The normalized spacial score (nSPS) is 9.78. The molecule has 4 heteroatoms. The number of hydrogen-bond donors (Lipinski definition) is 0. The fourth-order valence-corrected chi connectivity index (χ4v) is 1.61. The first-order valence-electron chi connectivity index (χ1n) is 6.09. The van der Waals surface area contributed by atoms with Crippen molar-refractivity contribution in [3.63, 3.8) is 0 Å². The second kappa shape index (κ2) is 8.26. The van der Waals surface area contributed by atoms with Crippen LogP contribution in [0.4, 0.5) is 5.69 Å². The van der Waals surface area contributed by atoms with E-state index in [9.17, 15) is 4.79 Å². The second-order valence-corrected chi connectivity index (χ2v) is 3.74. The molecule has 0 unspecified atom stereocenters. The number of ether oxygens (including phenoxy) is 1. The van der Waals surface area contributed by atoms with Gasteiger partial charge in [0.15, 0.2) is 0 Å². The topological polar surface area (TPSA) is 53.3 Å². The Bertz CT molecular complexity index is 398. The first kappa shape index (κ1) is 14.2. The molecule has 0 aliphatic heterocycles. The molecule has 0 fully saturated rings. The predicted molar refractivity (Wildman–Crippen MR) is 70.1 cm³/mol. The lowest BCUT2D eigenvalue weighted by molar-refractivity contribution is -0.119. The second-order valence-electron chi connectivity index (χ2n) is 3.74. The molecule has 0 saturated heterocycles. The fourth-order valence-electron chi connectivity index (χ4n) is 1.61. The summed E-state index contributed by atoms with van der Waals surface area (Å²) in [5.74, 6) is -0.00935. The zero-order chi connectivity index (χ0) is 13.2. The van der Waals surface area contributed by atoms with E-state index in [2.05, 4.69) is 6.07 Å².